The van der Waals surface area contributed by atoms with Gasteiger partial charge < -0.3 is 0 Å². The summed E-state index contributed by atoms with van der Waals surface area (Å²) in [6, 6.07) is 0. The predicted octanol–water partition coefficient (Wildman–Crippen LogP) is 9.05. The standard InChI is InChI=1S/C29H50/c1-7-20(2)9-8-10-22(4)25-13-14-26-24-12-11-23-19-21(3)15-17-28(23,5)27(24)16-18-29(25,26)6/h11,20-22,24-27H,7-10,12-19H2,1-6H3/t20?,21-,22+,24?,25?,26?,27?,28-,29+/m0/s1. The molecule has 4 rings (SSSR count). The van der Waals surface area contributed by atoms with Crippen molar-refractivity contribution in [2.45, 2.75) is 119 Å². The highest BCUT2D eigenvalue weighted by atomic mass is 14.6. The van der Waals surface area contributed by atoms with Gasteiger partial charge in [0.15, 0.2) is 0 Å². The number of fused-ring (bicyclic) bond motifs is 5. The van der Waals surface area contributed by atoms with Gasteiger partial charge in [0, 0.05) is 0 Å². The molecule has 3 saturated carbocycles. The number of hydrogen-bond donors (Lipinski definition) is 0. The molecule has 0 amide bonds. The van der Waals surface area contributed by atoms with E-state index in [1.54, 1.807) is 0 Å². The largest absolute Gasteiger partial charge is 0.0845 e. The maximum atomic E-state index is 2.76. The van der Waals surface area contributed by atoms with Gasteiger partial charge in [-0.25, -0.2) is 0 Å². The van der Waals surface area contributed by atoms with Gasteiger partial charge in [0.2, 0.25) is 0 Å². The van der Waals surface area contributed by atoms with E-state index < -0.39 is 0 Å². The Balaban J connectivity index is 1.46. The fraction of sp³-hybridized carbons (Fsp3) is 0.931. The molecule has 0 aliphatic heterocycles. The molecule has 0 bridgehead atoms. The Labute approximate surface area is 182 Å². The Hall–Kier alpha value is -0.260. The molecule has 0 aromatic heterocycles. The summed E-state index contributed by atoms with van der Waals surface area (Å²) in [5, 5.41) is 0. The van der Waals surface area contributed by atoms with Gasteiger partial charge in [-0.15, -0.1) is 0 Å². The fourth-order valence-corrected chi connectivity index (χ4v) is 9.01. The lowest BCUT2D eigenvalue weighted by Crippen LogP contribution is -2.50. The molecule has 0 radical (unpaired) electrons. The van der Waals surface area contributed by atoms with Gasteiger partial charge in [0.1, 0.15) is 0 Å². The van der Waals surface area contributed by atoms with Crippen molar-refractivity contribution in [2.24, 2.45) is 52.3 Å². The molecular formula is C29H50. The molecule has 0 heteroatoms. The summed E-state index contributed by atoms with van der Waals surface area (Å²) in [7, 11) is 0. The van der Waals surface area contributed by atoms with E-state index in [9.17, 15) is 0 Å². The Bertz CT molecular complexity index is 601. The van der Waals surface area contributed by atoms with Gasteiger partial charge in [0.05, 0.1) is 0 Å². The van der Waals surface area contributed by atoms with Crippen LogP contribution in [0.2, 0.25) is 0 Å². The first-order valence-corrected chi connectivity index (χ1v) is 13.5. The van der Waals surface area contributed by atoms with Gasteiger partial charge >= 0.3 is 0 Å². The maximum absolute atomic E-state index is 2.76. The highest BCUT2D eigenvalue weighted by Crippen LogP contribution is 2.67. The minimum absolute atomic E-state index is 0.552. The smallest absolute Gasteiger partial charge is 0.00851 e. The van der Waals surface area contributed by atoms with Crippen LogP contribution in [0.25, 0.3) is 0 Å². The molecule has 0 N–H and O–H groups in total. The van der Waals surface area contributed by atoms with Crippen molar-refractivity contribution >= 4 is 0 Å². The summed E-state index contributed by atoms with van der Waals surface area (Å²) in [4.78, 5) is 0. The van der Waals surface area contributed by atoms with Gasteiger partial charge in [-0.05, 0) is 104 Å². The van der Waals surface area contributed by atoms with Crippen molar-refractivity contribution in [1.82, 2.24) is 0 Å². The zero-order chi connectivity index (χ0) is 20.8. The molecule has 0 spiro atoms. The van der Waals surface area contributed by atoms with E-state index >= 15 is 0 Å². The van der Waals surface area contributed by atoms with Gasteiger partial charge in [-0.2, -0.15) is 0 Å². The molecule has 4 aliphatic carbocycles. The maximum Gasteiger partial charge on any atom is -0.00851 e. The normalized spacial score (nSPS) is 46.3. The molecule has 0 nitrogen and oxygen atoms in total. The highest BCUT2D eigenvalue weighted by Gasteiger charge is 2.58. The second-order valence-electron chi connectivity index (χ2n) is 12.8. The third kappa shape index (κ3) is 3.78. The summed E-state index contributed by atoms with van der Waals surface area (Å²) in [6.07, 6.45) is 20.4. The Morgan fingerprint density at radius 1 is 1.00 bits per heavy atom. The van der Waals surface area contributed by atoms with E-state index in [0.29, 0.717) is 10.8 Å². The average Bonchev–Trinajstić information content (AvgIpc) is 3.05. The molecule has 0 heterocycles. The summed E-state index contributed by atoms with van der Waals surface area (Å²) in [5.74, 6) is 6.78. The first-order valence-electron chi connectivity index (χ1n) is 13.5. The van der Waals surface area contributed by atoms with Crippen LogP contribution in [0, 0.1) is 52.3 Å². The van der Waals surface area contributed by atoms with E-state index in [-0.39, 0.29) is 0 Å². The van der Waals surface area contributed by atoms with E-state index in [2.05, 4.69) is 47.6 Å². The zero-order valence-corrected chi connectivity index (χ0v) is 20.6. The van der Waals surface area contributed by atoms with Crippen molar-refractivity contribution in [3.8, 4) is 0 Å². The van der Waals surface area contributed by atoms with Crippen LogP contribution in [0.3, 0.4) is 0 Å². The third-order valence-corrected chi connectivity index (χ3v) is 11.2. The van der Waals surface area contributed by atoms with Crippen LogP contribution in [0.1, 0.15) is 119 Å². The summed E-state index contributed by atoms with van der Waals surface area (Å²) in [6.45, 7) is 15.3. The van der Waals surface area contributed by atoms with Crippen molar-refractivity contribution in [2.75, 3.05) is 0 Å². The quantitative estimate of drug-likeness (QED) is 0.391. The van der Waals surface area contributed by atoms with Crippen molar-refractivity contribution in [3.63, 3.8) is 0 Å². The van der Waals surface area contributed by atoms with Gasteiger partial charge in [-0.1, -0.05) is 78.9 Å². The van der Waals surface area contributed by atoms with E-state index in [0.717, 1.165) is 41.4 Å². The zero-order valence-electron chi connectivity index (χ0n) is 20.6. The van der Waals surface area contributed by atoms with Crippen LogP contribution in [0.5, 0.6) is 0 Å². The van der Waals surface area contributed by atoms with Crippen LogP contribution in [0.15, 0.2) is 11.6 Å². The molecular weight excluding hydrogens is 348 g/mol. The molecule has 0 aromatic rings. The molecule has 3 fully saturated rings. The third-order valence-electron chi connectivity index (χ3n) is 11.2. The highest BCUT2D eigenvalue weighted by molar-refractivity contribution is 5.25. The molecule has 0 saturated heterocycles. The fourth-order valence-electron chi connectivity index (χ4n) is 9.01. The van der Waals surface area contributed by atoms with Crippen LogP contribution < -0.4 is 0 Å². The van der Waals surface area contributed by atoms with Crippen molar-refractivity contribution in [3.05, 3.63) is 11.6 Å². The first-order chi connectivity index (χ1) is 13.8. The Morgan fingerprint density at radius 2 is 1.79 bits per heavy atom. The molecule has 166 valence electrons. The van der Waals surface area contributed by atoms with Crippen LogP contribution in [0.4, 0.5) is 0 Å². The lowest BCUT2D eigenvalue weighted by Gasteiger charge is -2.58. The second-order valence-corrected chi connectivity index (χ2v) is 12.8. The Morgan fingerprint density at radius 3 is 2.55 bits per heavy atom. The lowest BCUT2D eigenvalue weighted by molar-refractivity contribution is -0.0523. The number of hydrogen-bond acceptors (Lipinski definition) is 0. The minimum Gasteiger partial charge on any atom is -0.0845 e. The number of rotatable bonds is 6. The SMILES string of the molecule is CCC(C)CCC[C@@H](C)C1CCC2C3CC=C4C[C@@H](C)CC[C@]4(C)C3CC[C@@]21C. The second kappa shape index (κ2) is 8.35. The van der Waals surface area contributed by atoms with E-state index in [1.165, 1.54) is 77.0 Å². The molecule has 5 unspecified atom stereocenters. The summed E-state index contributed by atoms with van der Waals surface area (Å²) < 4.78 is 0. The van der Waals surface area contributed by atoms with Crippen LogP contribution >= 0.6 is 0 Å². The topological polar surface area (TPSA) is 0 Å². The van der Waals surface area contributed by atoms with E-state index in [1.807, 2.05) is 5.57 Å². The number of allylic oxidation sites excluding steroid dienone is 2. The predicted molar refractivity (Wildman–Crippen MR) is 127 cm³/mol. The van der Waals surface area contributed by atoms with E-state index in [4.69, 9.17) is 0 Å². The molecule has 4 aliphatic rings. The molecule has 9 atom stereocenters. The average molecular weight is 399 g/mol. The van der Waals surface area contributed by atoms with Gasteiger partial charge in [-0.3, -0.25) is 0 Å². The first kappa shape index (κ1) is 22.0. The van der Waals surface area contributed by atoms with Crippen molar-refractivity contribution < 1.29 is 0 Å². The monoisotopic (exact) mass is 398 g/mol. The van der Waals surface area contributed by atoms with Gasteiger partial charge in [0.25, 0.3) is 0 Å². The molecule has 0 aromatic carbocycles. The van der Waals surface area contributed by atoms with Crippen molar-refractivity contribution in [1.29, 1.82) is 0 Å². The summed E-state index contributed by atoms with van der Waals surface area (Å²) >= 11 is 0. The lowest BCUT2D eigenvalue weighted by atomic mass is 9.46. The van der Waals surface area contributed by atoms with Crippen LogP contribution in [-0.4, -0.2) is 0 Å². The Kier molecular flexibility index (Phi) is 6.32. The summed E-state index contributed by atoms with van der Waals surface area (Å²) in [5.41, 5.74) is 3.06. The minimum atomic E-state index is 0.552. The van der Waals surface area contributed by atoms with Crippen LogP contribution in [-0.2, 0) is 0 Å². The molecule has 29 heavy (non-hydrogen) atoms.